The third-order valence-electron chi connectivity index (χ3n) is 7.05. The fourth-order valence-corrected chi connectivity index (χ4v) is 4.87. The van der Waals surface area contributed by atoms with Crippen LogP contribution >= 0.6 is 0 Å². The topological polar surface area (TPSA) is 134 Å². The normalized spacial score (nSPS) is 13.4. The first-order valence-corrected chi connectivity index (χ1v) is 13.7. The van der Waals surface area contributed by atoms with Crippen molar-refractivity contribution in [3.8, 4) is 11.1 Å². The third-order valence-corrected chi connectivity index (χ3v) is 7.05. The number of carbonyl (C=O) groups is 4. The Hall–Kier alpha value is -4.70. The van der Waals surface area contributed by atoms with Crippen LogP contribution in [0, 0.1) is 0 Å². The van der Waals surface area contributed by atoms with Crippen molar-refractivity contribution in [3.05, 3.63) is 95.6 Å². The first kappa shape index (κ1) is 30.3. The Bertz CT molecular complexity index is 1360. The minimum atomic E-state index is -1.41. The van der Waals surface area contributed by atoms with Crippen LogP contribution in [0.2, 0.25) is 0 Å². The van der Waals surface area contributed by atoms with Crippen LogP contribution in [-0.4, -0.2) is 73.3 Å². The molecule has 10 nitrogen and oxygen atoms in total. The molecule has 220 valence electrons. The van der Waals surface area contributed by atoms with Gasteiger partial charge < -0.3 is 30.1 Å². The highest BCUT2D eigenvalue weighted by Gasteiger charge is 2.32. The van der Waals surface area contributed by atoms with Crippen molar-refractivity contribution in [3.63, 3.8) is 0 Å². The van der Waals surface area contributed by atoms with Gasteiger partial charge in [-0.1, -0.05) is 78.9 Å². The molecule has 0 bridgehead atoms. The molecule has 0 saturated heterocycles. The molecule has 4 rings (SSSR count). The number of aliphatic carboxylic acids is 1. The lowest BCUT2D eigenvalue weighted by Crippen LogP contribution is -2.53. The number of benzene rings is 3. The molecule has 1 aliphatic carbocycles. The lowest BCUT2D eigenvalue weighted by Gasteiger charge is -2.22. The van der Waals surface area contributed by atoms with Crippen molar-refractivity contribution < 1.29 is 33.8 Å². The third kappa shape index (κ3) is 7.94. The Kier molecular flexibility index (Phi) is 10.3. The molecule has 0 saturated carbocycles. The number of hydrogen-bond donors (Lipinski definition) is 3. The van der Waals surface area contributed by atoms with Crippen molar-refractivity contribution in [2.24, 2.45) is 0 Å². The van der Waals surface area contributed by atoms with E-state index in [-0.39, 0.29) is 25.6 Å². The number of amides is 2. The summed E-state index contributed by atoms with van der Waals surface area (Å²) in [6.45, 7) is 0.396. The van der Waals surface area contributed by atoms with E-state index in [4.69, 9.17) is 9.47 Å². The van der Waals surface area contributed by atoms with E-state index < -0.39 is 42.4 Å². The maximum Gasteiger partial charge on any atom is 0.407 e. The van der Waals surface area contributed by atoms with Crippen molar-refractivity contribution in [2.75, 3.05) is 27.2 Å². The summed E-state index contributed by atoms with van der Waals surface area (Å²) in [6.07, 6.45) is -1.29. The Morgan fingerprint density at radius 3 is 2.00 bits per heavy atom. The van der Waals surface area contributed by atoms with E-state index >= 15 is 0 Å². The molecule has 3 N–H and O–H groups in total. The zero-order valence-corrected chi connectivity index (χ0v) is 23.6. The minimum absolute atomic E-state index is 0.00718. The fourth-order valence-electron chi connectivity index (χ4n) is 4.87. The fraction of sp³-hybridized carbons (Fsp3) is 0.312. The molecular weight excluding hydrogens is 538 g/mol. The summed E-state index contributed by atoms with van der Waals surface area (Å²) in [7, 11) is 3.57. The summed E-state index contributed by atoms with van der Waals surface area (Å²) in [5.74, 6) is -2.99. The van der Waals surface area contributed by atoms with Gasteiger partial charge in [0.15, 0.2) is 0 Å². The molecule has 0 aromatic heterocycles. The molecule has 10 heteroatoms. The Balaban J connectivity index is 1.43. The zero-order valence-electron chi connectivity index (χ0n) is 23.6. The molecule has 0 spiro atoms. The van der Waals surface area contributed by atoms with Gasteiger partial charge in [0.25, 0.3) is 0 Å². The SMILES string of the molecule is CN(C)CCC(NC(=O)[C@H](CC(=O)OCc1ccccc1)NC(=O)OCC1c2ccccc2-c2ccccc21)C(=O)O. The highest BCUT2D eigenvalue weighted by atomic mass is 16.5. The maximum absolute atomic E-state index is 13.2. The van der Waals surface area contributed by atoms with Gasteiger partial charge in [-0.05, 0) is 48.3 Å². The van der Waals surface area contributed by atoms with Crippen molar-refractivity contribution in [1.82, 2.24) is 15.5 Å². The molecule has 0 aliphatic heterocycles. The lowest BCUT2D eigenvalue weighted by atomic mass is 9.98. The molecule has 2 amide bonds. The van der Waals surface area contributed by atoms with Gasteiger partial charge in [0, 0.05) is 12.5 Å². The predicted molar refractivity (Wildman–Crippen MR) is 156 cm³/mol. The molecule has 0 fully saturated rings. The Morgan fingerprint density at radius 2 is 1.40 bits per heavy atom. The predicted octanol–water partition coefficient (Wildman–Crippen LogP) is 3.55. The van der Waals surface area contributed by atoms with Crippen LogP contribution < -0.4 is 10.6 Å². The second-order valence-electron chi connectivity index (χ2n) is 10.4. The number of nitrogens with zero attached hydrogens (tertiary/aromatic N) is 1. The van der Waals surface area contributed by atoms with Gasteiger partial charge in [0.05, 0.1) is 6.42 Å². The van der Waals surface area contributed by atoms with E-state index in [0.29, 0.717) is 6.54 Å². The number of fused-ring (bicyclic) bond motifs is 3. The molecule has 42 heavy (non-hydrogen) atoms. The van der Waals surface area contributed by atoms with Crippen molar-refractivity contribution >= 4 is 23.9 Å². The van der Waals surface area contributed by atoms with Gasteiger partial charge in [0.1, 0.15) is 25.3 Å². The van der Waals surface area contributed by atoms with Gasteiger partial charge in [-0.2, -0.15) is 0 Å². The van der Waals surface area contributed by atoms with Crippen LogP contribution in [-0.2, 0) is 30.5 Å². The quantitative estimate of drug-likeness (QED) is 0.265. The average molecular weight is 574 g/mol. The highest BCUT2D eigenvalue weighted by Crippen LogP contribution is 2.44. The van der Waals surface area contributed by atoms with E-state index in [1.54, 1.807) is 43.3 Å². The molecule has 1 unspecified atom stereocenters. The van der Waals surface area contributed by atoms with Crippen LogP contribution in [0.25, 0.3) is 11.1 Å². The van der Waals surface area contributed by atoms with E-state index in [2.05, 4.69) is 10.6 Å². The molecule has 3 aromatic carbocycles. The summed E-state index contributed by atoms with van der Waals surface area (Å²) < 4.78 is 10.9. The monoisotopic (exact) mass is 573 g/mol. The van der Waals surface area contributed by atoms with Crippen LogP contribution in [0.5, 0.6) is 0 Å². The Labute approximate surface area is 244 Å². The number of hydrogen-bond acceptors (Lipinski definition) is 7. The van der Waals surface area contributed by atoms with Crippen LogP contribution in [0.3, 0.4) is 0 Å². The van der Waals surface area contributed by atoms with Gasteiger partial charge in [0.2, 0.25) is 5.91 Å². The van der Waals surface area contributed by atoms with E-state index in [9.17, 15) is 24.3 Å². The first-order chi connectivity index (χ1) is 20.2. The van der Waals surface area contributed by atoms with Crippen LogP contribution in [0.15, 0.2) is 78.9 Å². The summed E-state index contributed by atoms with van der Waals surface area (Å²) in [5.41, 5.74) is 4.94. The molecule has 0 heterocycles. The largest absolute Gasteiger partial charge is 0.480 e. The van der Waals surface area contributed by atoms with Crippen molar-refractivity contribution in [1.29, 1.82) is 0 Å². The van der Waals surface area contributed by atoms with E-state index in [1.807, 2.05) is 54.6 Å². The van der Waals surface area contributed by atoms with Gasteiger partial charge in [-0.25, -0.2) is 9.59 Å². The second-order valence-corrected chi connectivity index (χ2v) is 10.4. The number of carboxylic acid groups (broad SMARTS) is 1. The Morgan fingerprint density at radius 1 is 0.810 bits per heavy atom. The molecule has 2 atom stereocenters. The molecule has 3 aromatic rings. The number of nitrogens with one attached hydrogen (secondary N) is 2. The summed E-state index contributed by atoms with van der Waals surface area (Å²) in [6, 6.07) is 22.1. The zero-order chi connectivity index (χ0) is 30.1. The molecule has 0 radical (unpaired) electrons. The van der Waals surface area contributed by atoms with Crippen LogP contribution in [0.1, 0.15) is 35.4 Å². The smallest absolute Gasteiger partial charge is 0.407 e. The number of ether oxygens (including phenoxy) is 2. The second kappa shape index (κ2) is 14.3. The minimum Gasteiger partial charge on any atom is -0.480 e. The number of carboxylic acids is 1. The lowest BCUT2D eigenvalue weighted by molar-refractivity contribution is -0.147. The average Bonchev–Trinajstić information content (AvgIpc) is 3.30. The summed E-state index contributed by atoms with van der Waals surface area (Å²) in [5, 5.41) is 14.5. The number of carbonyl (C=O) groups excluding carboxylic acids is 3. The van der Waals surface area contributed by atoms with Crippen molar-refractivity contribution in [2.45, 2.75) is 37.5 Å². The van der Waals surface area contributed by atoms with Gasteiger partial charge in [-0.15, -0.1) is 0 Å². The van der Waals surface area contributed by atoms with E-state index in [0.717, 1.165) is 27.8 Å². The van der Waals surface area contributed by atoms with E-state index in [1.165, 1.54) is 0 Å². The number of alkyl carbamates (subject to hydrolysis) is 1. The number of rotatable bonds is 13. The molecule has 1 aliphatic rings. The van der Waals surface area contributed by atoms with Crippen LogP contribution in [0.4, 0.5) is 4.79 Å². The van der Waals surface area contributed by atoms with Gasteiger partial charge >= 0.3 is 18.0 Å². The standard InChI is InChI=1S/C32H35N3O7/c1-35(2)17-16-27(31(38)39)33-30(37)28(18-29(36)41-19-21-10-4-3-5-11-21)34-32(40)42-20-26-24-14-8-6-12-22(24)23-13-7-9-15-25(23)26/h3-15,26-28H,16-20H2,1-2H3,(H,33,37)(H,34,40)(H,38,39)/t27?,28-/m0/s1. The first-order valence-electron chi connectivity index (χ1n) is 13.7. The summed E-state index contributed by atoms with van der Waals surface area (Å²) >= 11 is 0. The number of esters is 1. The van der Waals surface area contributed by atoms with Gasteiger partial charge in [-0.3, -0.25) is 9.59 Å². The maximum atomic E-state index is 13.2. The molecular formula is C32H35N3O7. The summed E-state index contributed by atoms with van der Waals surface area (Å²) in [4.78, 5) is 52.4. The highest BCUT2D eigenvalue weighted by molar-refractivity contribution is 5.92.